The van der Waals surface area contributed by atoms with Gasteiger partial charge in [0.25, 0.3) is 0 Å². The second-order valence-corrected chi connectivity index (χ2v) is 11.0. The van der Waals surface area contributed by atoms with Gasteiger partial charge in [0.05, 0.1) is 10.9 Å². The minimum absolute atomic E-state index is 0.00922. The summed E-state index contributed by atoms with van der Waals surface area (Å²) in [5, 5.41) is 0. The van der Waals surface area contributed by atoms with Crippen molar-refractivity contribution in [2.45, 2.75) is 46.0 Å². The van der Waals surface area contributed by atoms with Crippen molar-refractivity contribution >= 4 is 16.9 Å². The standard InChI is InChI=1S/C31H27F2O3S/c32-24-11-9-10-23(20-24)31(18-7-8-19-31)36-30(34)22-35-29-21-27(16-17-28(29)33)37(25-12-3-1-4-13-25)26-14-5-2-6-15-26/h1-6,9-17,20-21H,7-8,18-19,22H2/q+1. The molecule has 37 heavy (non-hydrogen) atoms. The molecule has 4 aromatic rings. The van der Waals surface area contributed by atoms with Gasteiger partial charge >= 0.3 is 5.97 Å². The summed E-state index contributed by atoms with van der Waals surface area (Å²) < 4.78 is 40.2. The maximum atomic E-state index is 14.8. The summed E-state index contributed by atoms with van der Waals surface area (Å²) in [4.78, 5) is 15.9. The molecule has 1 aliphatic rings. The molecule has 0 aromatic heterocycles. The van der Waals surface area contributed by atoms with Crippen LogP contribution in [0.1, 0.15) is 31.2 Å². The number of hydrogen-bond acceptors (Lipinski definition) is 3. The van der Waals surface area contributed by atoms with E-state index in [1.165, 1.54) is 18.2 Å². The first kappa shape index (κ1) is 25.0. The van der Waals surface area contributed by atoms with Gasteiger partial charge in [0.2, 0.25) is 0 Å². The third-order valence-electron chi connectivity index (χ3n) is 6.51. The Morgan fingerprint density at radius 2 is 1.41 bits per heavy atom. The fraction of sp³-hybridized carbons (Fsp3) is 0.194. The molecule has 0 N–H and O–H groups in total. The van der Waals surface area contributed by atoms with Gasteiger partial charge in [-0.3, -0.25) is 0 Å². The van der Waals surface area contributed by atoms with Crippen LogP contribution in [-0.2, 0) is 26.0 Å². The molecule has 0 unspecified atom stereocenters. The Labute approximate surface area is 218 Å². The number of halogens is 2. The molecule has 4 aromatic carbocycles. The summed E-state index contributed by atoms with van der Waals surface area (Å²) in [6, 6.07) is 31.0. The highest BCUT2D eigenvalue weighted by Gasteiger charge is 2.40. The van der Waals surface area contributed by atoms with Gasteiger partial charge in [0.1, 0.15) is 11.4 Å². The van der Waals surface area contributed by atoms with Crippen LogP contribution in [0.2, 0.25) is 0 Å². The first-order valence-corrected chi connectivity index (χ1v) is 13.5. The molecule has 0 bridgehead atoms. The Hall–Kier alpha value is -3.64. The summed E-state index contributed by atoms with van der Waals surface area (Å²) in [5.41, 5.74) is -0.239. The van der Waals surface area contributed by atoms with Crippen LogP contribution < -0.4 is 4.74 Å². The second kappa shape index (κ2) is 11.2. The van der Waals surface area contributed by atoms with E-state index < -0.39 is 34.9 Å². The number of benzene rings is 4. The summed E-state index contributed by atoms with van der Waals surface area (Å²) in [6.45, 7) is -0.443. The van der Waals surface area contributed by atoms with E-state index >= 15 is 0 Å². The molecule has 1 fully saturated rings. The van der Waals surface area contributed by atoms with Gasteiger partial charge in [0.15, 0.2) is 32.9 Å². The monoisotopic (exact) mass is 517 g/mol. The van der Waals surface area contributed by atoms with Gasteiger partial charge in [0, 0.05) is 6.07 Å². The van der Waals surface area contributed by atoms with Crippen LogP contribution in [0.25, 0.3) is 0 Å². The molecule has 188 valence electrons. The van der Waals surface area contributed by atoms with Crippen molar-refractivity contribution in [2.24, 2.45) is 0 Å². The fourth-order valence-electron chi connectivity index (χ4n) is 4.79. The average Bonchev–Trinajstić information content (AvgIpc) is 3.40. The molecule has 0 saturated heterocycles. The molecule has 0 atom stereocenters. The zero-order chi connectivity index (χ0) is 25.7. The van der Waals surface area contributed by atoms with E-state index in [1.54, 1.807) is 24.3 Å². The molecule has 0 spiro atoms. The Kier molecular flexibility index (Phi) is 7.56. The quantitative estimate of drug-likeness (QED) is 0.180. The predicted octanol–water partition coefficient (Wildman–Crippen LogP) is 7.45. The first-order chi connectivity index (χ1) is 18.0. The zero-order valence-electron chi connectivity index (χ0n) is 20.2. The lowest BCUT2D eigenvalue weighted by molar-refractivity contribution is -0.163. The van der Waals surface area contributed by atoms with Gasteiger partial charge < -0.3 is 9.47 Å². The van der Waals surface area contributed by atoms with Crippen LogP contribution in [0.3, 0.4) is 0 Å². The molecule has 3 nitrogen and oxygen atoms in total. The first-order valence-electron chi connectivity index (χ1n) is 12.3. The van der Waals surface area contributed by atoms with Crippen molar-refractivity contribution in [3.8, 4) is 5.75 Å². The Morgan fingerprint density at radius 3 is 2.03 bits per heavy atom. The topological polar surface area (TPSA) is 35.5 Å². The van der Waals surface area contributed by atoms with E-state index in [4.69, 9.17) is 9.47 Å². The molecule has 0 aliphatic heterocycles. The van der Waals surface area contributed by atoms with Crippen LogP contribution in [0.4, 0.5) is 8.78 Å². The molecule has 1 aliphatic carbocycles. The largest absolute Gasteiger partial charge is 0.479 e. The SMILES string of the molecule is O=C(COc1cc([S+](c2ccccc2)c2ccccc2)ccc1F)OC1(c2cccc(F)c2)CCCC1. The molecule has 0 heterocycles. The van der Waals surface area contributed by atoms with E-state index in [0.29, 0.717) is 18.4 Å². The maximum absolute atomic E-state index is 14.8. The summed E-state index contributed by atoms with van der Waals surface area (Å²) in [5.74, 6) is -1.55. The highest BCUT2D eigenvalue weighted by Crippen LogP contribution is 2.42. The average molecular weight is 518 g/mol. The maximum Gasteiger partial charge on any atom is 0.345 e. The minimum Gasteiger partial charge on any atom is -0.479 e. The molecular formula is C31H27F2O3S+. The normalized spacial score (nSPS) is 14.5. The van der Waals surface area contributed by atoms with Gasteiger partial charge in [-0.25, -0.2) is 13.6 Å². The summed E-state index contributed by atoms with van der Waals surface area (Å²) in [7, 11) is -0.483. The van der Waals surface area contributed by atoms with E-state index in [1.807, 2.05) is 60.7 Å². The number of rotatable bonds is 8. The van der Waals surface area contributed by atoms with Crippen LogP contribution in [0, 0.1) is 11.6 Å². The number of carbonyl (C=O) groups excluding carboxylic acids is 1. The lowest BCUT2D eigenvalue weighted by Crippen LogP contribution is -2.32. The van der Waals surface area contributed by atoms with Crippen LogP contribution in [0.5, 0.6) is 5.75 Å². The van der Waals surface area contributed by atoms with Crippen LogP contribution >= 0.6 is 0 Å². The van der Waals surface area contributed by atoms with Crippen molar-refractivity contribution in [1.29, 1.82) is 0 Å². The predicted molar refractivity (Wildman–Crippen MR) is 140 cm³/mol. The Balaban J connectivity index is 1.36. The van der Waals surface area contributed by atoms with E-state index in [0.717, 1.165) is 27.5 Å². The van der Waals surface area contributed by atoms with Crippen LogP contribution in [0.15, 0.2) is 118 Å². The third-order valence-corrected chi connectivity index (χ3v) is 8.73. The van der Waals surface area contributed by atoms with E-state index in [-0.39, 0.29) is 11.6 Å². The molecule has 6 heteroatoms. The lowest BCUT2D eigenvalue weighted by atomic mass is 9.92. The molecule has 5 rings (SSSR count). The third kappa shape index (κ3) is 5.70. The number of carbonyl (C=O) groups is 1. The Bertz CT molecular complexity index is 1320. The van der Waals surface area contributed by atoms with Crippen molar-refractivity contribution in [2.75, 3.05) is 6.61 Å². The smallest absolute Gasteiger partial charge is 0.345 e. The van der Waals surface area contributed by atoms with Crippen molar-refractivity contribution in [1.82, 2.24) is 0 Å². The van der Waals surface area contributed by atoms with Gasteiger partial charge in [-0.15, -0.1) is 0 Å². The van der Waals surface area contributed by atoms with Crippen molar-refractivity contribution < 1.29 is 23.0 Å². The number of hydrogen-bond donors (Lipinski definition) is 0. The minimum atomic E-state index is -0.879. The fourth-order valence-corrected chi connectivity index (χ4v) is 6.90. The number of ether oxygens (including phenoxy) is 2. The zero-order valence-corrected chi connectivity index (χ0v) is 21.1. The summed E-state index contributed by atoms with van der Waals surface area (Å²) >= 11 is 0. The number of esters is 1. The van der Waals surface area contributed by atoms with Crippen molar-refractivity contribution in [3.05, 3.63) is 120 Å². The van der Waals surface area contributed by atoms with Gasteiger partial charge in [-0.1, -0.05) is 48.5 Å². The molecule has 1 saturated carbocycles. The molecule has 0 amide bonds. The lowest BCUT2D eigenvalue weighted by Gasteiger charge is -2.29. The Morgan fingerprint density at radius 1 is 0.757 bits per heavy atom. The van der Waals surface area contributed by atoms with E-state index in [2.05, 4.69) is 0 Å². The van der Waals surface area contributed by atoms with Crippen LogP contribution in [-0.4, -0.2) is 12.6 Å². The van der Waals surface area contributed by atoms with Gasteiger partial charge in [-0.2, -0.15) is 0 Å². The summed E-state index contributed by atoms with van der Waals surface area (Å²) in [6.07, 6.45) is 2.98. The van der Waals surface area contributed by atoms with Gasteiger partial charge in [-0.05, 0) is 79.8 Å². The highest BCUT2D eigenvalue weighted by molar-refractivity contribution is 7.97. The highest BCUT2D eigenvalue weighted by atomic mass is 32.2. The molecular weight excluding hydrogens is 490 g/mol. The second-order valence-electron chi connectivity index (χ2n) is 9.00. The van der Waals surface area contributed by atoms with Crippen molar-refractivity contribution in [3.63, 3.8) is 0 Å². The van der Waals surface area contributed by atoms with E-state index in [9.17, 15) is 13.6 Å². The molecule has 0 radical (unpaired) electrons.